The first kappa shape index (κ1) is 27.0. The average molecular weight is 544 g/mol. The molecule has 3 heterocycles. The highest BCUT2D eigenvalue weighted by atomic mass is 16.3. The molecule has 40 heavy (non-hydrogen) atoms. The number of aliphatic hydroxyl groups is 2. The number of amides is 2. The van der Waals surface area contributed by atoms with Gasteiger partial charge in [0.2, 0.25) is 0 Å². The Hall–Kier alpha value is -3.20. The fourth-order valence-electron chi connectivity index (χ4n) is 7.23. The van der Waals surface area contributed by atoms with Crippen LogP contribution in [0.3, 0.4) is 0 Å². The molecule has 1 saturated carbocycles. The largest absolute Gasteiger partial charge is 0.387 e. The monoisotopic (exact) mass is 543 g/mol. The zero-order valence-corrected chi connectivity index (χ0v) is 23.2. The molecule has 3 fully saturated rings. The van der Waals surface area contributed by atoms with Crippen molar-refractivity contribution in [1.29, 1.82) is 0 Å². The number of piperazine rings is 1. The maximum Gasteiger partial charge on any atom is 0.320 e. The van der Waals surface area contributed by atoms with E-state index in [0.717, 1.165) is 62.0 Å². The molecule has 0 radical (unpaired) electrons. The van der Waals surface area contributed by atoms with Gasteiger partial charge in [-0.25, -0.2) is 9.79 Å². The van der Waals surface area contributed by atoms with E-state index >= 15 is 0 Å². The van der Waals surface area contributed by atoms with Gasteiger partial charge in [0, 0.05) is 43.7 Å². The number of piperidine rings is 1. The van der Waals surface area contributed by atoms with E-state index in [1.54, 1.807) is 17.3 Å². The molecule has 8 nitrogen and oxygen atoms in total. The molecule has 0 aromatic heterocycles. The molecule has 2 amide bonds. The van der Waals surface area contributed by atoms with Crippen LogP contribution in [-0.4, -0.2) is 88.4 Å². The van der Waals surface area contributed by atoms with Gasteiger partial charge in [0.05, 0.1) is 30.2 Å². The molecule has 3 aliphatic heterocycles. The maximum absolute atomic E-state index is 14.0. The topological polar surface area (TPSA) is 91.6 Å². The lowest BCUT2D eigenvalue weighted by Gasteiger charge is -2.57. The van der Waals surface area contributed by atoms with Crippen molar-refractivity contribution >= 4 is 18.1 Å². The van der Waals surface area contributed by atoms with E-state index in [-0.39, 0.29) is 12.1 Å². The number of aliphatic hydroxyl groups excluding tert-OH is 1. The van der Waals surface area contributed by atoms with Gasteiger partial charge in [0.25, 0.3) is 0 Å². The molecule has 212 valence electrons. The third kappa shape index (κ3) is 5.16. The maximum atomic E-state index is 14.0. The summed E-state index contributed by atoms with van der Waals surface area (Å²) in [5, 5.41) is 26.8. The van der Waals surface area contributed by atoms with Crippen molar-refractivity contribution in [2.45, 2.75) is 56.4 Å². The van der Waals surface area contributed by atoms with Crippen LogP contribution in [0.5, 0.6) is 0 Å². The van der Waals surface area contributed by atoms with Crippen LogP contribution in [0.1, 0.15) is 55.7 Å². The second-order valence-electron chi connectivity index (χ2n) is 11.9. The van der Waals surface area contributed by atoms with Crippen LogP contribution in [0.25, 0.3) is 5.70 Å². The van der Waals surface area contributed by atoms with Gasteiger partial charge in [-0.2, -0.15) is 0 Å². The van der Waals surface area contributed by atoms with Gasteiger partial charge in [-0.3, -0.25) is 0 Å². The molecule has 6 rings (SSSR count). The minimum absolute atomic E-state index is 0.00382. The van der Waals surface area contributed by atoms with Gasteiger partial charge in [0.15, 0.2) is 0 Å². The van der Waals surface area contributed by atoms with Gasteiger partial charge in [-0.1, -0.05) is 79.9 Å². The van der Waals surface area contributed by atoms with Crippen molar-refractivity contribution in [3.05, 3.63) is 77.9 Å². The first-order valence-corrected chi connectivity index (χ1v) is 14.8. The fraction of sp³-hybridized carbons (Fsp3) is 0.500. The number of rotatable bonds is 4. The minimum Gasteiger partial charge on any atom is -0.387 e. The second kappa shape index (κ2) is 11.4. The lowest BCUT2D eigenvalue weighted by molar-refractivity contribution is -0.158. The number of carbonyl (C=O) groups excluding carboxylic acids is 1. The summed E-state index contributed by atoms with van der Waals surface area (Å²) in [4.78, 5) is 24.4. The summed E-state index contributed by atoms with van der Waals surface area (Å²) in [7, 11) is 0. The van der Waals surface area contributed by atoms with E-state index in [4.69, 9.17) is 0 Å². The number of urea groups is 1. The Morgan fingerprint density at radius 1 is 0.975 bits per heavy atom. The molecule has 1 aliphatic carbocycles. The van der Waals surface area contributed by atoms with Crippen molar-refractivity contribution in [2.75, 3.05) is 39.3 Å². The van der Waals surface area contributed by atoms with Crippen LogP contribution in [0.15, 0.2) is 71.7 Å². The molecule has 3 atom stereocenters. The fourth-order valence-corrected chi connectivity index (χ4v) is 7.23. The van der Waals surface area contributed by atoms with Crippen LogP contribution < -0.4 is 5.32 Å². The predicted octanol–water partition coefficient (Wildman–Crippen LogP) is 3.84. The van der Waals surface area contributed by atoms with Crippen LogP contribution in [-0.2, 0) is 0 Å². The van der Waals surface area contributed by atoms with E-state index in [1.165, 1.54) is 0 Å². The molecule has 3 N–H and O–H groups in total. The third-order valence-electron chi connectivity index (χ3n) is 9.54. The quantitative estimate of drug-likeness (QED) is 0.545. The number of β-amino-alcohol motifs (C(OH)–C–C–N with tert-alkyl or cyclic N) is 1. The second-order valence-corrected chi connectivity index (χ2v) is 11.9. The van der Waals surface area contributed by atoms with E-state index in [9.17, 15) is 15.0 Å². The van der Waals surface area contributed by atoms with Gasteiger partial charge in [0.1, 0.15) is 6.23 Å². The first-order valence-electron chi connectivity index (χ1n) is 14.8. The van der Waals surface area contributed by atoms with Crippen LogP contribution in [0.2, 0.25) is 0 Å². The Labute approximate surface area is 237 Å². The van der Waals surface area contributed by atoms with E-state index in [0.29, 0.717) is 32.6 Å². The van der Waals surface area contributed by atoms with Crippen molar-refractivity contribution in [2.24, 2.45) is 10.4 Å². The lowest BCUT2D eigenvalue weighted by atomic mass is 9.60. The highest BCUT2D eigenvalue weighted by Gasteiger charge is 2.56. The average Bonchev–Trinajstić information content (AvgIpc) is 3.01. The summed E-state index contributed by atoms with van der Waals surface area (Å²) in [5.41, 5.74) is 1.39. The lowest BCUT2D eigenvalue weighted by Crippen LogP contribution is -2.67. The van der Waals surface area contributed by atoms with Crippen LogP contribution >= 0.6 is 0 Å². The van der Waals surface area contributed by atoms with Crippen LogP contribution in [0.4, 0.5) is 4.79 Å². The normalized spacial score (nSPS) is 28.4. The van der Waals surface area contributed by atoms with Crippen molar-refractivity contribution in [3.63, 3.8) is 0 Å². The zero-order valence-electron chi connectivity index (χ0n) is 23.2. The Bertz CT molecular complexity index is 1230. The molecule has 8 heteroatoms. The Balaban J connectivity index is 1.20. The molecular formula is C32H41N5O3. The summed E-state index contributed by atoms with van der Waals surface area (Å²) < 4.78 is 0. The van der Waals surface area contributed by atoms with E-state index < -0.39 is 17.2 Å². The molecule has 2 unspecified atom stereocenters. The number of carbonyl (C=O) groups is 1. The van der Waals surface area contributed by atoms with E-state index in [2.05, 4.69) is 22.4 Å². The predicted molar refractivity (Wildman–Crippen MR) is 156 cm³/mol. The number of nitrogens with one attached hydrogen (secondary N) is 1. The smallest absolute Gasteiger partial charge is 0.320 e. The van der Waals surface area contributed by atoms with Crippen molar-refractivity contribution in [1.82, 2.24) is 20.0 Å². The van der Waals surface area contributed by atoms with Gasteiger partial charge in [-0.05, 0) is 30.9 Å². The SMILES string of the molecule is O=C(N1CCC(O)(CN2C=NC(c3ccccc3)=CC2O)C2(CCCCC2)C1)N1CCNC[C@H]1c1ccccc1. The highest BCUT2D eigenvalue weighted by Crippen LogP contribution is 2.50. The first-order chi connectivity index (χ1) is 19.5. The number of likely N-dealkylation sites (tertiary alicyclic amines) is 1. The molecule has 2 aromatic carbocycles. The third-order valence-corrected chi connectivity index (χ3v) is 9.54. The molecular weight excluding hydrogens is 502 g/mol. The Morgan fingerprint density at radius 2 is 1.70 bits per heavy atom. The summed E-state index contributed by atoms with van der Waals surface area (Å²) in [6.45, 7) is 3.51. The molecule has 2 aromatic rings. The standard InChI is InChI=1S/C32H41N5O3/c38-29-20-27(25-10-4-1-5-11-25)34-24-36(29)23-32(40)16-18-35(22-31(32)14-8-3-9-15-31)30(39)37-19-17-33-21-28(37)26-12-6-2-7-13-26/h1-2,4-7,10-13,20,24,28-29,33,38,40H,3,8-9,14-19,21-23H2/t28-,29?,32?/m0/s1. The number of hydrogen-bond donors (Lipinski definition) is 3. The van der Waals surface area contributed by atoms with Crippen molar-refractivity contribution in [3.8, 4) is 0 Å². The van der Waals surface area contributed by atoms with Gasteiger partial charge < -0.3 is 30.2 Å². The summed E-state index contributed by atoms with van der Waals surface area (Å²) in [5.74, 6) is 0. The molecule has 4 aliphatic rings. The number of hydrogen-bond acceptors (Lipinski definition) is 6. The molecule has 1 spiro atoms. The zero-order chi connectivity index (χ0) is 27.6. The van der Waals surface area contributed by atoms with Gasteiger partial charge >= 0.3 is 6.03 Å². The number of benzene rings is 2. The van der Waals surface area contributed by atoms with Gasteiger partial charge in [-0.15, -0.1) is 0 Å². The Kier molecular flexibility index (Phi) is 7.66. The summed E-state index contributed by atoms with van der Waals surface area (Å²) in [6, 6.07) is 20.1. The molecule has 2 saturated heterocycles. The van der Waals surface area contributed by atoms with E-state index in [1.807, 2.05) is 58.3 Å². The summed E-state index contributed by atoms with van der Waals surface area (Å²) in [6.07, 6.45) is 8.02. The highest BCUT2D eigenvalue weighted by molar-refractivity contribution is 5.77. The van der Waals surface area contributed by atoms with Crippen molar-refractivity contribution < 1.29 is 15.0 Å². The Morgan fingerprint density at radius 3 is 2.42 bits per heavy atom. The molecule has 0 bridgehead atoms. The minimum atomic E-state index is -1.03. The summed E-state index contributed by atoms with van der Waals surface area (Å²) >= 11 is 0. The number of aliphatic imine (C=N–C) groups is 1. The van der Waals surface area contributed by atoms with Crippen LogP contribution in [0, 0.1) is 5.41 Å². The number of nitrogens with zero attached hydrogens (tertiary/aromatic N) is 4.